The van der Waals surface area contributed by atoms with Crippen molar-refractivity contribution in [2.75, 3.05) is 25.1 Å². The van der Waals surface area contributed by atoms with Crippen molar-refractivity contribution in [3.63, 3.8) is 0 Å². The fourth-order valence-corrected chi connectivity index (χ4v) is 4.06. The minimum Gasteiger partial charge on any atom is -0.495 e. The Morgan fingerprint density at radius 3 is 2.94 bits per heavy atom. The van der Waals surface area contributed by atoms with Crippen LogP contribution in [0.2, 0.25) is 0 Å². The number of aromatic amines is 1. The van der Waals surface area contributed by atoms with Crippen LogP contribution in [0.3, 0.4) is 0 Å². The summed E-state index contributed by atoms with van der Waals surface area (Å²) in [6.07, 6.45) is 4.84. The molecule has 1 aliphatic heterocycles. The third-order valence-corrected chi connectivity index (χ3v) is 5.69. The fourth-order valence-electron chi connectivity index (χ4n) is 4.06. The molecule has 0 spiro atoms. The molecular weight excluding hydrogens is 404 g/mol. The van der Waals surface area contributed by atoms with Gasteiger partial charge in [0.05, 0.1) is 31.1 Å². The highest BCUT2D eigenvalue weighted by molar-refractivity contribution is 5.94. The summed E-state index contributed by atoms with van der Waals surface area (Å²) in [5, 5.41) is 3.89. The summed E-state index contributed by atoms with van der Waals surface area (Å²) in [5.41, 5.74) is 3.38. The molecule has 0 atom stereocenters. The molecule has 9 heteroatoms. The lowest BCUT2D eigenvalue weighted by atomic mass is 10.1. The van der Waals surface area contributed by atoms with Crippen LogP contribution in [0.5, 0.6) is 5.75 Å². The van der Waals surface area contributed by atoms with Gasteiger partial charge in [-0.2, -0.15) is 0 Å². The van der Waals surface area contributed by atoms with Crippen LogP contribution in [0.1, 0.15) is 22.5 Å². The molecule has 0 radical (unpaired) electrons. The number of hydrogen-bond donors (Lipinski definition) is 2. The van der Waals surface area contributed by atoms with Crippen LogP contribution in [0.4, 0.5) is 14.5 Å². The molecule has 1 fully saturated rings. The van der Waals surface area contributed by atoms with Crippen molar-refractivity contribution in [1.29, 1.82) is 0 Å². The number of nitrogens with zero attached hydrogens (tertiary/aromatic N) is 3. The van der Waals surface area contributed by atoms with Crippen LogP contribution < -0.4 is 15.0 Å². The zero-order chi connectivity index (χ0) is 21.6. The molecule has 3 aromatic heterocycles. The maximum absolute atomic E-state index is 13.6. The predicted octanol–water partition coefficient (Wildman–Crippen LogP) is 3.60. The number of aromatic nitrogens is 3. The average molecular weight is 425 g/mol. The molecular formula is C22H21F2N5O2. The minimum atomic E-state index is -2.69. The maximum atomic E-state index is 13.6. The van der Waals surface area contributed by atoms with Gasteiger partial charge in [-0.1, -0.05) is 6.07 Å². The summed E-state index contributed by atoms with van der Waals surface area (Å²) in [5.74, 6) is -2.25. The molecule has 0 bridgehead atoms. The summed E-state index contributed by atoms with van der Waals surface area (Å²) in [7, 11) is 1.61. The van der Waals surface area contributed by atoms with E-state index >= 15 is 0 Å². The van der Waals surface area contributed by atoms with E-state index in [0.717, 1.165) is 22.2 Å². The van der Waals surface area contributed by atoms with Crippen molar-refractivity contribution in [3.05, 3.63) is 60.2 Å². The highest BCUT2D eigenvalue weighted by Crippen LogP contribution is 2.31. The second-order valence-electron chi connectivity index (χ2n) is 7.66. The number of H-pyrrole nitrogens is 1. The monoisotopic (exact) mass is 425 g/mol. The number of imidazole rings is 1. The van der Waals surface area contributed by atoms with Gasteiger partial charge in [-0.15, -0.1) is 0 Å². The third-order valence-electron chi connectivity index (χ3n) is 5.69. The van der Waals surface area contributed by atoms with Gasteiger partial charge in [0.25, 0.3) is 11.8 Å². The van der Waals surface area contributed by atoms with Crippen molar-refractivity contribution >= 4 is 28.1 Å². The van der Waals surface area contributed by atoms with E-state index in [1.54, 1.807) is 34.7 Å². The first-order valence-electron chi connectivity index (χ1n) is 9.96. The van der Waals surface area contributed by atoms with E-state index in [9.17, 15) is 13.6 Å². The van der Waals surface area contributed by atoms with E-state index in [1.165, 1.54) is 6.20 Å². The number of ether oxygens (including phenoxy) is 1. The number of pyridine rings is 1. The van der Waals surface area contributed by atoms with Gasteiger partial charge in [-0.3, -0.25) is 9.20 Å². The third kappa shape index (κ3) is 3.45. The van der Waals surface area contributed by atoms with Crippen molar-refractivity contribution in [3.8, 4) is 5.75 Å². The zero-order valence-corrected chi connectivity index (χ0v) is 16.9. The Morgan fingerprint density at radius 2 is 2.16 bits per heavy atom. The van der Waals surface area contributed by atoms with Gasteiger partial charge in [-0.25, -0.2) is 13.8 Å². The van der Waals surface area contributed by atoms with Gasteiger partial charge >= 0.3 is 0 Å². The second-order valence-corrected chi connectivity index (χ2v) is 7.66. The van der Waals surface area contributed by atoms with Crippen LogP contribution in [0.25, 0.3) is 16.6 Å². The van der Waals surface area contributed by atoms with Gasteiger partial charge < -0.3 is 19.9 Å². The summed E-state index contributed by atoms with van der Waals surface area (Å²) in [4.78, 5) is 21.9. The SMILES string of the molecule is COc1ccc(CNC(=O)c2cnc3ccc(N4CCC(F)(F)C4)cn23)c2cc[nH]c12. The molecule has 4 heterocycles. The summed E-state index contributed by atoms with van der Waals surface area (Å²) in [6, 6.07) is 9.19. The molecule has 2 N–H and O–H groups in total. The highest BCUT2D eigenvalue weighted by atomic mass is 19.3. The summed E-state index contributed by atoms with van der Waals surface area (Å²) < 4.78 is 34.2. The first kappa shape index (κ1) is 19.3. The normalized spacial score (nSPS) is 15.6. The number of anilines is 1. The lowest BCUT2D eigenvalue weighted by Gasteiger charge is -2.18. The quantitative estimate of drug-likeness (QED) is 0.512. The van der Waals surface area contributed by atoms with E-state index in [4.69, 9.17) is 4.74 Å². The van der Waals surface area contributed by atoms with Crippen LogP contribution in [-0.2, 0) is 6.54 Å². The molecule has 1 saturated heterocycles. The topological polar surface area (TPSA) is 74.7 Å². The molecule has 0 aliphatic carbocycles. The van der Waals surface area contributed by atoms with Crippen molar-refractivity contribution in [2.45, 2.75) is 18.9 Å². The molecule has 7 nitrogen and oxygen atoms in total. The largest absolute Gasteiger partial charge is 0.495 e. The van der Waals surface area contributed by atoms with Gasteiger partial charge in [0.2, 0.25) is 0 Å². The number of benzene rings is 1. The first-order valence-corrected chi connectivity index (χ1v) is 9.96. The van der Waals surface area contributed by atoms with E-state index in [1.807, 2.05) is 24.4 Å². The molecule has 31 heavy (non-hydrogen) atoms. The van der Waals surface area contributed by atoms with Crippen molar-refractivity contribution in [2.24, 2.45) is 0 Å². The predicted molar refractivity (Wildman–Crippen MR) is 113 cm³/mol. The number of halogens is 2. The van der Waals surface area contributed by atoms with Crippen molar-refractivity contribution < 1.29 is 18.3 Å². The lowest BCUT2D eigenvalue weighted by molar-refractivity contribution is 0.0257. The number of rotatable bonds is 5. The highest BCUT2D eigenvalue weighted by Gasteiger charge is 2.38. The van der Waals surface area contributed by atoms with Gasteiger partial charge in [0, 0.05) is 37.3 Å². The minimum absolute atomic E-state index is 0.169. The standard InChI is InChI=1S/C22H21F2N5O2/c1-31-18-4-2-14(16-6-8-25-20(16)18)10-27-21(30)17-11-26-19-5-3-15(12-29(17)19)28-9-7-22(23,24)13-28/h2-6,8,11-12,25H,7,9-10,13H2,1H3,(H,27,30). The molecule has 1 amide bonds. The van der Waals surface area contributed by atoms with E-state index < -0.39 is 5.92 Å². The molecule has 0 unspecified atom stereocenters. The molecule has 1 aliphatic rings. The van der Waals surface area contributed by atoms with Crippen LogP contribution in [0.15, 0.2) is 48.9 Å². The van der Waals surface area contributed by atoms with Crippen LogP contribution >= 0.6 is 0 Å². The van der Waals surface area contributed by atoms with Gasteiger partial charge in [0.1, 0.15) is 17.1 Å². The molecule has 4 aromatic rings. The van der Waals surface area contributed by atoms with Crippen LogP contribution in [0, 0.1) is 0 Å². The number of carbonyl (C=O) groups is 1. The molecule has 160 valence electrons. The van der Waals surface area contributed by atoms with Gasteiger partial charge in [0.15, 0.2) is 0 Å². The second kappa shape index (κ2) is 7.26. The summed E-state index contributed by atoms with van der Waals surface area (Å²) >= 11 is 0. The molecule has 0 saturated carbocycles. The van der Waals surface area contributed by atoms with E-state index in [-0.39, 0.29) is 25.4 Å². The van der Waals surface area contributed by atoms with Crippen LogP contribution in [-0.4, -0.2) is 46.4 Å². The van der Waals surface area contributed by atoms with E-state index in [0.29, 0.717) is 23.6 Å². The number of hydrogen-bond acceptors (Lipinski definition) is 4. The molecule has 5 rings (SSSR count). The Kier molecular flexibility index (Phi) is 4.53. The molecule has 1 aromatic carbocycles. The average Bonchev–Trinajstić information content (AvgIpc) is 3.49. The number of nitrogens with one attached hydrogen (secondary N) is 2. The number of fused-ring (bicyclic) bond motifs is 2. The number of amides is 1. The lowest BCUT2D eigenvalue weighted by Crippen LogP contribution is -2.26. The smallest absolute Gasteiger partial charge is 0.270 e. The number of methoxy groups -OCH3 is 1. The number of carbonyl (C=O) groups excluding carboxylic acids is 1. The number of alkyl halides is 2. The fraction of sp³-hybridized carbons (Fsp3) is 0.273. The van der Waals surface area contributed by atoms with E-state index in [2.05, 4.69) is 15.3 Å². The Hall–Kier alpha value is -3.62. The van der Waals surface area contributed by atoms with Gasteiger partial charge in [-0.05, 0) is 29.8 Å². The first-order chi connectivity index (χ1) is 14.9. The Balaban J connectivity index is 1.38. The Morgan fingerprint density at radius 1 is 1.29 bits per heavy atom. The maximum Gasteiger partial charge on any atom is 0.270 e. The Bertz CT molecular complexity index is 1280. The zero-order valence-electron chi connectivity index (χ0n) is 16.9. The van der Waals surface area contributed by atoms with Crippen molar-refractivity contribution in [1.82, 2.24) is 19.7 Å². The Labute approximate surface area is 176 Å². The summed E-state index contributed by atoms with van der Waals surface area (Å²) in [6.45, 7) is 0.278.